The number of urea groups is 1. The molecule has 4 rings (SSSR count). The van der Waals surface area contributed by atoms with Crippen molar-refractivity contribution in [3.05, 3.63) is 64.8 Å². The third-order valence-electron chi connectivity index (χ3n) is 6.24. The van der Waals surface area contributed by atoms with Crippen LogP contribution in [-0.2, 0) is 5.41 Å². The number of nitrogens with one attached hydrogen (secondary N) is 3. The zero-order valence-corrected chi connectivity index (χ0v) is 20.9. The van der Waals surface area contributed by atoms with E-state index in [9.17, 15) is 4.79 Å². The first-order valence-electron chi connectivity index (χ1n) is 11.5. The number of aromatic nitrogens is 2. The van der Waals surface area contributed by atoms with Gasteiger partial charge in [-0.05, 0) is 36.2 Å². The Kier molecular flexibility index (Phi) is 7.33. The second kappa shape index (κ2) is 10.4. The van der Waals surface area contributed by atoms with Crippen LogP contribution in [-0.4, -0.2) is 49.3 Å². The number of carbonyl (C=O) groups is 1. The lowest BCUT2D eigenvalue weighted by Crippen LogP contribution is -2.43. The summed E-state index contributed by atoms with van der Waals surface area (Å²) in [5.41, 5.74) is 2.68. The number of hydrogen-bond donors (Lipinski definition) is 3. The second-order valence-corrected chi connectivity index (χ2v) is 9.76. The minimum atomic E-state index is -0.301. The highest BCUT2D eigenvalue weighted by atomic mass is 32.1. The number of ether oxygens (including phenoxy) is 1. The Morgan fingerprint density at radius 1 is 1.18 bits per heavy atom. The summed E-state index contributed by atoms with van der Waals surface area (Å²) < 4.78 is 5.26. The Bertz CT molecular complexity index is 1090. The lowest BCUT2D eigenvalue weighted by Gasteiger charge is -2.28. The fraction of sp³-hybridized carbons (Fsp3) is 0.400. The number of thiazole rings is 1. The largest absolute Gasteiger partial charge is 0.497 e. The van der Waals surface area contributed by atoms with Crippen molar-refractivity contribution in [2.75, 3.05) is 43.5 Å². The average molecular weight is 481 g/mol. The number of anilines is 2. The van der Waals surface area contributed by atoms with E-state index in [-0.39, 0.29) is 17.5 Å². The van der Waals surface area contributed by atoms with E-state index >= 15 is 0 Å². The standard InChI is InChI=1S/C25H32N6O2S/c1-17(18-5-10-22(27-15-18)31-13-11-26-12-14-31)28-23(32)30-24-29-21(16-34-24)25(2,3)19-6-8-20(33-4)9-7-19/h5-10,15-17,26H,11-14H2,1-4H3,(H2,28,29,30,32). The quantitative estimate of drug-likeness (QED) is 0.470. The van der Waals surface area contributed by atoms with E-state index in [1.165, 1.54) is 11.3 Å². The molecule has 2 aromatic heterocycles. The van der Waals surface area contributed by atoms with Crippen LogP contribution in [0.2, 0.25) is 0 Å². The molecule has 0 radical (unpaired) electrons. The molecule has 9 heteroatoms. The summed E-state index contributed by atoms with van der Waals surface area (Å²) in [7, 11) is 1.66. The van der Waals surface area contributed by atoms with Crippen molar-refractivity contribution < 1.29 is 9.53 Å². The van der Waals surface area contributed by atoms with Gasteiger partial charge in [0.15, 0.2) is 5.13 Å². The highest BCUT2D eigenvalue weighted by Gasteiger charge is 2.26. The minimum absolute atomic E-state index is 0.181. The van der Waals surface area contributed by atoms with Gasteiger partial charge in [0.05, 0.1) is 18.8 Å². The van der Waals surface area contributed by atoms with Crippen molar-refractivity contribution >= 4 is 28.3 Å². The molecule has 34 heavy (non-hydrogen) atoms. The zero-order valence-electron chi connectivity index (χ0n) is 20.1. The van der Waals surface area contributed by atoms with Gasteiger partial charge in [0.1, 0.15) is 11.6 Å². The molecule has 1 unspecified atom stereocenters. The molecular formula is C25H32N6O2S. The fourth-order valence-corrected chi connectivity index (χ4v) is 4.79. The van der Waals surface area contributed by atoms with Gasteiger partial charge in [-0.3, -0.25) is 5.32 Å². The van der Waals surface area contributed by atoms with Gasteiger partial charge < -0.3 is 20.3 Å². The Balaban J connectivity index is 1.35. The topological polar surface area (TPSA) is 91.4 Å². The monoisotopic (exact) mass is 480 g/mol. The van der Waals surface area contributed by atoms with E-state index in [1.54, 1.807) is 7.11 Å². The number of hydrogen-bond acceptors (Lipinski definition) is 7. The van der Waals surface area contributed by atoms with Crippen LogP contribution in [0.15, 0.2) is 48.0 Å². The van der Waals surface area contributed by atoms with Gasteiger partial charge in [0.2, 0.25) is 0 Å². The van der Waals surface area contributed by atoms with E-state index in [0.29, 0.717) is 5.13 Å². The van der Waals surface area contributed by atoms with Crippen LogP contribution in [0.1, 0.15) is 43.6 Å². The van der Waals surface area contributed by atoms with Gasteiger partial charge >= 0.3 is 6.03 Å². The number of methoxy groups -OCH3 is 1. The van der Waals surface area contributed by atoms with E-state index in [1.807, 2.05) is 54.9 Å². The normalized spacial score (nSPS) is 15.0. The summed E-state index contributed by atoms with van der Waals surface area (Å²) in [5.74, 6) is 1.79. The average Bonchev–Trinajstić information content (AvgIpc) is 3.34. The highest BCUT2D eigenvalue weighted by molar-refractivity contribution is 7.13. The van der Waals surface area contributed by atoms with Gasteiger partial charge in [-0.1, -0.05) is 32.0 Å². The van der Waals surface area contributed by atoms with Crippen LogP contribution < -0.4 is 25.6 Å². The fourth-order valence-electron chi connectivity index (χ4n) is 3.92. The SMILES string of the molecule is COc1ccc(C(C)(C)c2csc(NC(=O)NC(C)c3ccc(N4CCNCC4)nc3)n2)cc1. The first kappa shape index (κ1) is 24.0. The summed E-state index contributed by atoms with van der Waals surface area (Å²) in [6.07, 6.45) is 1.83. The van der Waals surface area contributed by atoms with Gasteiger partial charge in [-0.25, -0.2) is 14.8 Å². The summed E-state index contributed by atoms with van der Waals surface area (Å²) in [5, 5.41) is 11.7. The molecule has 1 aromatic carbocycles. The summed E-state index contributed by atoms with van der Waals surface area (Å²) in [6, 6.07) is 11.5. The first-order chi connectivity index (χ1) is 16.4. The summed E-state index contributed by atoms with van der Waals surface area (Å²) >= 11 is 1.42. The number of benzene rings is 1. The van der Waals surface area contributed by atoms with Crippen LogP contribution >= 0.6 is 11.3 Å². The second-order valence-electron chi connectivity index (χ2n) is 8.90. The van der Waals surface area contributed by atoms with Crippen LogP contribution in [0.4, 0.5) is 15.7 Å². The molecule has 180 valence electrons. The number of rotatable bonds is 7. The van der Waals surface area contributed by atoms with Gasteiger partial charge in [0, 0.05) is 43.2 Å². The zero-order chi connectivity index (χ0) is 24.1. The molecule has 1 aliphatic heterocycles. The molecule has 0 saturated carbocycles. The van der Waals surface area contributed by atoms with Crippen LogP contribution in [0.5, 0.6) is 5.75 Å². The van der Waals surface area contributed by atoms with Crippen LogP contribution in [0.3, 0.4) is 0 Å². The van der Waals surface area contributed by atoms with Crippen molar-refractivity contribution in [1.82, 2.24) is 20.6 Å². The molecular weight excluding hydrogens is 448 g/mol. The molecule has 1 fully saturated rings. The van der Waals surface area contributed by atoms with Crippen molar-refractivity contribution in [3.8, 4) is 5.75 Å². The maximum atomic E-state index is 12.6. The smallest absolute Gasteiger partial charge is 0.321 e. The number of carbonyl (C=O) groups excluding carboxylic acids is 1. The van der Waals surface area contributed by atoms with Gasteiger partial charge in [-0.2, -0.15) is 0 Å². The summed E-state index contributed by atoms with van der Waals surface area (Å²) in [6.45, 7) is 10.0. The van der Waals surface area contributed by atoms with Crippen molar-refractivity contribution in [1.29, 1.82) is 0 Å². The Morgan fingerprint density at radius 2 is 1.91 bits per heavy atom. The highest BCUT2D eigenvalue weighted by Crippen LogP contribution is 2.34. The number of piperazine rings is 1. The Labute approximate surface area is 204 Å². The van der Waals surface area contributed by atoms with Crippen molar-refractivity contribution in [2.45, 2.75) is 32.2 Å². The number of amides is 2. The molecule has 3 N–H and O–H groups in total. The summed E-state index contributed by atoms with van der Waals surface area (Å²) in [4.78, 5) is 24.1. The number of pyridine rings is 1. The third-order valence-corrected chi connectivity index (χ3v) is 6.99. The molecule has 1 atom stereocenters. The maximum absolute atomic E-state index is 12.6. The number of nitrogens with zero attached hydrogens (tertiary/aromatic N) is 3. The predicted molar refractivity (Wildman–Crippen MR) is 137 cm³/mol. The van der Waals surface area contributed by atoms with E-state index in [4.69, 9.17) is 4.74 Å². The van der Waals surface area contributed by atoms with Gasteiger partial charge in [0.25, 0.3) is 0 Å². The molecule has 0 aliphatic carbocycles. The van der Waals surface area contributed by atoms with E-state index in [0.717, 1.165) is 54.6 Å². The molecule has 1 saturated heterocycles. The van der Waals surface area contributed by atoms with Gasteiger partial charge in [-0.15, -0.1) is 11.3 Å². The maximum Gasteiger partial charge on any atom is 0.321 e. The molecule has 1 aliphatic rings. The van der Waals surface area contributed by atoms with Crippen LogP contribution in [0, 0.1) is 0 Å². The van der Waals surface area contributed by atoms with Crippen LogP contribution in [0.25, 0.3) is 0 Å². The van der Waals surface area contributed by atoms with E-state index < -0.39 is 0 Å². The van der Waals surface area contributed by atoms with Crippen molar-refractivity contribution in [3.63, 3.8) is 0 Å². The first-order valence-corrected chi connectivity index (χ1v) is 12.3. The molecule has 3 heterocycles. The minimum Gasteiger partial charge on any atom is -0.497 e. The Morgan fingerprint density at radius 3 is 2.56 bits per heavy atom. The predicted octanol–water partition coefficient (Wildman–Crippen LogP) is 4.16. The molecule has 2 amide bonds. The van der Waals surface area contributed by atoms with Crippen molar-refractivity contribution in [2.24, 2.45) is 0 Å². The lowest BCUT2D eigenvalue weighted by molar-refractivity contribution is 0.249. The Hall–Kier alpha value is -3.17. The molecule has 3 aromatic rings. The van der Waals surface area contributed by atoms with E-state index in [2.05, 4.69) is 44.7 Å². The molecule has 8 nitrogen and oxygen atoms in total. The molecule has 0 bridgehead atoms. The molecule has 0 spiro atoms. The third kappa shape index (κ3) is 5.48. The lowest BCUT2D eigenvalue weighted by atomic mass is 9.82.